The van der Waals surface area contributed by atoms with Crippen LogP contribution >= 0.6 is 11.6 Å². The van der Waals surface area contributed by atoms with Crippen molar-refractivity contribution in [3.63, 3.8) is 0 Å². The van der Waals surface area contributed by atoms with Crippen molar-refractivity contribution >= 4 is 17.5 Å². The molecule has 0 saturated heterocycles. The van der Waals surface area contributed by atoms with Crippen molar-refractivity contribution in [3.05, 3.63) is 16.9 Å². The summed E-state index contributed by atoms with van der Waals surface area (Å²) in [6, 6.07) is 0.373. The van der Waals surface area contributed by atoms with Crippen LogP contribution in [0, 0.1) is 6.92 Å². The number of nitrogens with zero attached hydrogens (tertiary/aromatic N) is 2. The van der Waals surface area contributed by atoms with Crippen LogP contribution in [0.4, 0.5) is 0 Å². The van der Waals surface area contributed by atoms with Crippen LogP contribution in [-0.4, -0.2) is 21.7 Å². The summed E-state index contributed by atoms with van der Waals surface area (Å²) < 4.78 is 1.79. The number of carbonyl (C=O) groups is 1. The minimum atomic E-state index is 0.123. The van der Waals surface area contributed by atoms with Crippen LogP contribution in [0.1, 0.15) is 50.6 Å². The highest BCUT2D eigenvalue weighted by atomic mass is 35.5. The van der Waals surface area contributed by atoms with E-state index in [1.54, 1.807) is 10.9 Å². The van der Waals surface area contributed by atoms with Crippen molar-refractivity contribution < 1.29 is 4.79 Å². The molecule has 1 aliphatic rings. The fraction of sp³-hybridized carbons (Fsp3) is 0.714. The molecule has 106 valence electrons. The normalized spacial score (nSPS) is 17.2. The first kappa shape index (κ1) is 14.4. The summed E-state index contributed by atoms with van der Waals surface area (Å²) in [5.74, 6) is 0.123. The second-order valence-corrected chi connectivity index (χ2v) is 5.71. The zero-order valence-electron chi connectivity index (χ0n) is 11.5. The third-order valence-electron chi connectivity index (χ3n) is 3.81. The van der Waals surface area contributed by atoms with E-state index in [0.29, 0.717) is 24.0 Å². The first-order valence-corrected chi connectivity index (χ1v) is 7.52. The molecule has 1 aromatic rings. The third kappa shape index (κ3) is 4.23. The summed E-state index contributed by atoms with van der Waals surface area (Å²) in [6.07, 6.45) is 9.42. The Balaban J connectivity index is 1.76. The van der Waals surface area contributed by atoms with Gasteiger partial charge >= 0.3 is 0 Å². The number of aromatic nitrogens is 2. The van der Waals surface area contributed by atoms with Gasteiger partial charge in [0.2, 0.25) is 5.91 Å². The zero-order chi connectivity index (χ0) is 13.7. The van der Waals surface area contributed by atoms with Crippen molar-refractivity contribution in [1.82, 2.24) is 15.1 Å². The highest BCUT2D eigenvalue weighted by molar-refractivity contribution is 6.31. The summed E-state index contributed by atoms with van der Waals surface area (Å²) in [6.45, 7) is 2.51. The van der Waals surface area contributed by atoms with E-state index in [1.807, 2.05) is 6.92 Å². The van der Waals surface area contributed by atoms with Crippen molar-refractivity contribution in [1.29, 1.82) is 0 Å². The Morgan fingerprint density at radius 1 is 1.42 bits per heavy atom. The van der Waals surface area contributed by atoms with E-state index in [-0.39, 0.29) is 5.91 Å². The van der Waals surface area contributed by atoms with Crippen molar-refractivity contribution in [3.8, 4) is 0 Å². The Morgan fingerprint density at radius 2 is 2.11 bits per heavy atom. The van der Waals surface area contributed by atoms with Gasteiger partial charge < -0.3 is 5.32 Å². The quantitative estimate of drug-likeness (QED) is 0.863. The van der Waals surface area contributed by atoms with Crippen LogP contribution in [0.25, 0.3) is 0 Å². The Labute approximate surface area is 119 Å². The number of nitrogens with one attached hydrogen (secondary N) is 1. The van der Waals surface area contributed by atoms with Gasteiger partial charge in [0.15, 0.2) is 0 Å². The molecule has 1 aliphatic carbocycles. The average Bonchev–Trinajstić information content (AvgIpc) is 2.60. The van der Waals surface area contributed by atoms with Gasteiger partial charge in [-0.2, -0.15) is 5.10 Å². The van der Waals surface area contributed by atoms with Crippen LogP contribution in [0.2, 0.25) is 5.02 Å². The first-order valence-electron chi connectivity index (χ1n) is 7.14. The van der Waals surface area contributed by atoms with Gasteiger partial charge in [-0.15, -0.1) is 0 Å². The molecule has 0 aliphatic heterocycles. The maximum Gasteiger partial charge on any atom is 0.222 e. The molecule has 1 aromatic heterocycles. The number of hydrogen-bond acceptors (Lipinski definition) is 2. The zero-order valence-corrected chi connectivity index (χ0v) is 12.2. The Hall–Kier alpha value is -1.03. The van der Waals surface area contributed by atoms with Gasteiger partial charge in [-0.05, 0) is 19.8 Å². The molecule has 1 saturated carbocycles. The fourth-order valence-corrected chi connectivity index (χ4v) is 2.72. The molecule has 0 radical (unpaired) electrons. The SMILES string of the molecule is Cc1c(Cl)cnn1CCC(=O)NC1CCCCCC1. The second-order valence-electron chi connectivity index (χ2n) is 5.31. The molecule has 0 unspecified atom stereocenters. The standard InChI is InChI=1S/C14H22ClN3O/c1-11-13(15)10-16-18(11)9-8-14(19)17-12-6-4-2-3-5-7-12/h10,12H,2-9H2,1H3,(H,17,19). The number of rotatable bonds is 4. The predicted molar refractivity (Wildman–Crippen MR) is 76.2 cm³/mol. The summed E-state index contributed by atoms with van der Waals surface area (Å²) in [5.41, 5.74) is 0.920. The lowest BCUT2D eigenvalue weighted by atomic mass is 10.1. The molecular formula is C14H22ClN3O. The summed E-state index contributed by atoms with van der Waals surface area (Å²) in [5, 5.41) is 7.95. The number of amides is 1. The second kappa shape index (κ2) is 6.94. The summed E-state index contributed by atoms with van der Waals surface area (Å²) >= 11 is 5.93. The first-order chi connectivity index (χ1) is 9.16. The largest absolute Gasteiger partial charge is 0.353 e. The Morgan fingerprint density at radius 3 is 2.68 bits per heavy atom. The van der Waals surface area contributed by atoms with E-state index in [2.05, 4.69) is 10.4 Å². The van der Waals surface area contributed by atoms with Crippen LogP contribution in [0.3, 0.4) is 0 Å². The van der Waals surface area contributed by atoms with Crippen LogP contribution < -0.4 is 5.32 Å². The smallest absolute Gasteiger partial charge is 0.222 e. The van der Waals surface area contributed by atoms with Gasteiger partial charge in [-0.3, -0.25) is 9.48 Å². The summed E-state index contributed by atoms with van der Waals surface area (Å²) in [7, 11) is 0. The topological polar surface area (TPSA) is 46.9 Å². The number of aryl methyl sites for hydroxylation is 1. The maximum atomic E-state index is 11.9. The third-order valence-corrected chi connectivity index (χ3v) is 4.19. The lowest BCUT2D eigenvalue weighted by molar-refractivity contribution is -0.122. The van der Waals surface area contributed by atoms with E-state index in [4.69, 9.17) is 11.6 Å². The van der Waals surface area contributed by atoms with E-state index >= 15 is 0 Å². The molecule has 1 fully saturated rings. The lowest BCUT2D eigenvalue weighted by Gasteiger charge is -2.16. The van der Waals surface area contributed by atoms with Crippen LogP contribution in [-0.2, 0) is 11.3 Å². The summed E-state index contributed by atoms with van der Waals surface area (Å²) in [4.78, 5) is 11.9. The maximum absolute atomic E-state index is 11.9. The van der Waals surface area contributed by atoms with Gasteiger partial charge in [0, 0.05) is 12.5 Å². The van der Waals surface area contributed by atoms with Gasteiger partial charge in [0.05, 0.1) is 23.5 Å². The molecule has 0 atom stereocenters. The van der Waals surface area contributed by atoms with Crippen LogP contribution in [0.5, 0.6) is 0 Å². The molecule has 4 nitrogen and oxygen atoms in total. The lowest BCUT2D eigenvalue weighted by Crippen LogP contribution is -2.34. The molecule has 2 rings (SSSR count). The van der Waals surface area contributed by atoms with Gasteiger partial charge in [-0.1, -0.05) is 37.3 Å². The monoisotopic (exact) mass is 283 g/mol. The molecule has 1 amide bonds. The highest BCUT2D eigenvalue weighted by Gasteiger charge is 2.15. The molecule has 0 spiro atoms. The van der Waals surface area contributed by atoms with E-state index < -0.39 is 0 Å². The van der Waals surface area contributed by atoms with Crippen molar-refractivity contribution in [2.24, 2.45) is 0 Å². The molecule has 0 aromatic carbocycles. The van der Waals surface area contributed by atoms with E-state index in [1.165, 1.54) is 25.7 Å². The van der Waals surface area contributed by atoms with Gasteiger partial charge in [-0.25, -0.2) is 0 Å². The predicted octanol–water partition coefficient (Wildman–Crippen LogP) is 3.07. The molecule has 0 bridgehead atoms. The average molecular weight is 284 g/mol. The van der Waals surface area contributed by atoms with Crippen LogP contribution in [0.15, 0.2) is 6.20 Å². The number of halogens is 1. The minimum absolute atomic E-state index is 0.123. The number of carbonyl (C=O) groups excluding carboxylic acids is 1. The highest BCUT2D eigenvalue weighted by Crippen LogP contribution is 2.17. The molecule has 5 heteroatoms. The molecule has 1 N–H and O–H groups in total. The Bertz CT molecular complexity index is 422. The molecule has 1 heterocycles. The van der Waals surface area contributed by atoms with Gasteiger partial charge in [0.1, 0.15) is 0 Å². The van der Waals surface area contributed by atoms with E-state index in [9.17, 15) is 4.79 Å². The van der Waals surface area contributed by atoms with Crippen molar-refractivity contribution in [2.75, 3.05) is 0 Å². The Kier molecular flexibility index (Phi) is 5.25. The van der Waals surface area contributed by atoms with Gasteiger partial charge in [0.25, 0.3) is 0 Å². The minimum Gasteiger partial charge on any atom is -0.353 e. The molecule has 19 heavy (non-hydrogen) atoms. The van der Waals surface area contributed by atoms with E-state index in [0.717, 1.165) is 18.5 Å². The van der Waals surface area contributed by atoms with Crippen molar-refractivity contribution in [2.45, 2.75) is 64.5 Å². The number of hydrogen-bond donors (Lipinski definition) is 1. The molecular weight excluding hydrogens is 262 g/mol. The fourth-order valence-electron chi connectivity index (χ4n) is 2.58.